The highest BCUT2D eigenvalue weighted by molar-refractivity contribution is 7.92. The van der Waals surface area contributed by atoms with Gasteiger partial charge in [0.25, 0.3) is 10.0 Å². The molecule has 0 heterocycles. The monoisotopic (exact) mass is 721 g/mol. The molecule has 0 saturated carbocycles. The van der Waals surface area contributed by atoms with Gasteiger partial charge < -0.3 is 29.2 Å². The molecule has 4 aromatic rings. The molecule has 0 bridgehead atoms. The molecule has 2 amide bonds. The summed E-state index contributed by atoms with van der Waals surface area (Å²) in [5.74, 6) is -1.01. The average Bonchev–Trinajstić information content (AvgIpc) is 3.11. The third kappa shape index (κ3) is 9.48. The molecule has 0 aliphatic heterocycles. The summed E-state index contributed by atoms with van der Waals surface area (Å²) < 4.78 is 67.1. The van der Waals surface area contributed by atoms with E-state index in [1.165, 1.54) is 81.9 Å². The number of anilines is 1. The summed E-state index contributed by atoms with van der Waals surface area (Å²) in [6.45, 7) is 4.28. The van der Waals surface area contributed by atoms with Gasteiger partial charge in [-0.2, -0.15) is 0 Å². The number of hydrogen-bond acceptors (Lipinski definition) is 8. The fourth-order valence-electron chi connectivity index (χ4n) is 5.43. The first-order valence-corrected chi connectivity index (χ1v) is 17.5. The molecule has 4 aromatic carbocycles. The quantitative estimate of drug-likeness (QED) is 0.168. The van der Waals surface area contributed by atoms with Crippen LogP contribution in [-0.2, 0) is 32.6 Å². The third-order valence-corrected chi connectivity index (χ3v) is 9.70. The molecule has 0 aromatic heterocycles. The molecule has 0 radical (unpaired) electrons. The minimum absolute atomic E-state index is 0.00965. The lowest BCUT2D eigenvalue weighted by molar-refractivity contribution is -0.140. The Morgan fingerprint density at radius 1 is 0.784 bits per heavy atom. The van der Waals surface area contributed by atoms with E-state index >= 15 is 4.39 Å². The van der Waals surface area contributed by atoms with Crippen LogP contribution in [-0.4, -0.2) is 71.7 Å². The number of hydrogen-bond donors (Lipinski definition) is 1. The van der Waals surface area contributed by atoms with E-state index in [4.69, 9.17) is 18.9 Å². The maximum absolute atomic E-state index is 15.2. The molecular formula is C38H44FN3O8S. The van der Waals surface area contributed by atoms with Crippen molar-refractivity contribution in [3.63, 3.8) is 0 Å². The fourth-order valence-corrected chi connectivity index (χ4v) is 6.86. The summed E-state index contributed by atoms with van der Waals surface area (Å²) >= 11 is 0. The number of carbonyl (C=O) groups is 2. The molecule has 0 aliphatic carbocycles. The number of ether oxygens (including phenoxy) is 4. The van der Waals surface area contributed by atoms with Gasteiger partial charge in [-0.05, 0) is 56.7 Å². The number of halogens is 1. The van der Waals surface area contributed by atoms with E-state index in [-0.39, 0.29) is 40.6 Å². The van der Waals surface area contributed by atoms with Crippen LogP contribution >= 0.6 is 0 Å². The highest BCUT2D eigenvalue weighted by Gasteiger charge is 2.37. The summed E-state index contributed by atoms with van der Waals surface area (Å²) in [6, 6.07) is 22.4. The van der Waals surface area contributed by atoms with Gasteiger partial charge in [-0.15, -0.1) is 0 Å². The van der Waals surface area contributed by atoms with E-state index in [9.17, 15) is 18.0 Å². The standard InChI is InChI=1S/C38H44FN3O8S/c1-38(2,3)40-37(44)32(21-26-13-9-8-10-14-26)41(24-27-15-11-12-16-30(27)39)36(43)25-42(31-22-28(47-4)17-19-33(31)48-5)51(45,46)29-18-20-34(49-6)35(23-29)50-7/h8-20,22-23,32H,21,24-25H2,1-7H3,(H,40,44)/t32-/m0/s1. The molecule has 1 atom stereocenters. The normalized spacial score (nSPS) is 12.0. The molecule has 13 heteroatoms. The molecule has 11 nitrogen and oxygen atoms in total. The summed E-state index contributed by atoms with van der Waals surface area (Å²) in [7, 11) is 1.01. The highest BCUT2D eigenvalue weighted by Crippen LogP contribution is 2.38. The smallest absolute Gasteiger partial charge is 0.265 e. The zero-order valence-electron chi connectivity index (χ0n) is 29.8. The largest absolute Gasteiger partial charge is 0.497 e. The predicted octanol–water partition coefficient (Wildman–Crippen LogP) is 5.61. The molecular weight excluding hydrogens is 677 g/mol. The van der Waals surface area contributed by atoms with Crippen molar-refractivity contribution < 1.29 is 41.3 Å². The van der Waals surface area contributed by atoms with Crippen molar-refractivity contribution in [2.24, 2.45) is 0 Å². The second-order valence-corrected chi connectivity index (χ2v) is 14.5. The number of amides is 2. The van der Waals surface area contributed by atoms with Crippen LogP contribution in [0.15, 0.2) is 95.9 Å². The van der Waals surface area contributed by atoms with Crippen LogP contribution < -0.4 is 28.6 Å². The van der Waals surface area contributed by atoms with E-state index in [1.54, 1.807) is 32.9 Å². The van der Waals surface area contributed by atoms with Crippen molar-refractivity contribution in [1.82, 2.24) is 10.2 Å². The van der Waals surface area contributed by atoms with E-state index in [0.29, 0.717) is 11.5 Å². The molecule has 0 aliphatic rings. The Hall–Kier alpha value is -5.30. The molecule has 0 spiro atoms. The Morgan fingerprint density at radius 3 is 2.02 bits per heavy atom. The zero-order valence-corrected chi connectivity index (χ0v) is 30.6. The van der Waals surface area contributed by atoms with Gasteiger partial charge in [0.2, 0.25) is 11.8 Å². The Labute approximate surface area is 298 Å². The highest BCUT2D eigenvalue weighted by atomic mass is 32.2. The van der Waals surface area contributed by atoms with Crippen LogP contribution in [0.5, 0.6) is 23.0 Å². The molecule has 0 saturated heterocycles. The number of methoxy groups -OCH3 is 4. The third-order valence-electron chi connectivity index (χ3n) is 7.94. The van der Waals surface area contributed by atoms with Crippen LogP contribution in [0.3, 0.4) is 0 Å². The Kier molecular flexibility index (Phi) is 12.5. The van der Waals surface area contributed by atoms with Crippen molar-refractivity contribution >= 4 is 27.5 Å². The van der Waals surface area contributed by atoms with Crippen molar-refractivity contribution in [2.45, 2.75) is 50.2 Å². The zero-order chi connectivity index (χ0) is 37.3. The van der Waals surface area contributed by atoms with Crippen LogP contribution in [0.4, 0.5) is 10.1 Å². The first kappa shape index (κ1) is 38.5. The van der Waals surface area contributed by atoms with Crippen LogP contribution in [0, 0.1) is 5.82 Å². The Balaban J connectivity index is 1.92. The van der Waals surface area contributed by atoms with Gasteiger partial charge >= 0.3 is 0 Å². The van der Waals surface area contributed by atoms with Gasteiger partial charge in [-0.25, -0.2) is 12.8 Å². The number of carbonyl (C=O) groups excluding carboxylic acids is 2. The van der Waals surface area contributed by atoms with Crippen molar-refractivity contribution in [3.8, 4) is 23.0 Å². The van der Waals surface area contributed by atoms with Crippen molar-refractivity contribution in [3.05, 3.63) is 108 Å². The maximum Gasteiger partial charge on any atom is 0.265 e. The van der Waals surface area contributed by atoms with E-state index in [2.05, 4.69) is 5.32 Å². The second kappa shape index (κ2) is 16.6. The Bertz CT molecular complexity index is 1930. The summed E-state index contributed by atoms with van der Waals surface area (Å²) in [4.78, 5) is 29.9. The minimum Gasteiger partial charge on any atom is -0.497 e. The lowest BCUT2D eigenvalue weighted by Gasteiger charge is -2.35. The van der Waals surface area contributed by atoms with Crippen LogP contribution in [0.25, 0.3) is 0 Å². The molecule has 1 N–H and O–H groups in total. The molecule has 0 unspecified atom stereocenters. The van der Waals surface area contributed by atoms with Gasteiger partial charge in [0.15, 0.2) is 11.5 Å². The summed E-state index contributed by atoms with van der Waals surface area (Å²) in [6.07, 6.45) is 0.0633. The van der Waals surface area contributed by atoms with E-state index < -0.39 is 45.8 Å². The molecule has 0 fully saturated rings. The van der Waals surface area contributed by atoms with E-state index in [0.717, 1.165) is 9.87 Å². The second-order valence-electron chi connectivity index (χ2n) is 12.6. The average molecular weight is 722 g/mol. The van der Waals surface area contributed by atoms with Gasteiger partial charge in [-0.3, -0.25) is 13.9 Å². The topological polar surface area (TPSA) is 124 Å². The van der Waals surface area contributed by atoms with Crippen LogP contribution in [0.1, 0.15) is 31.9 Å². The lowest BCUT2D eigenvalue weighted by Crippen LogP contribution is -2.56. The summed E-state index contributed by atoms with van der Waals surface area (Å²) in [5, 5.41) is 2.95. The van der Waals surface area contributed by atoms with Crippen molar-refractivity contribution in [2.75, 3.05) is 39.3 Å². The number of sulfonamides is 1. The first-order valence-electron chi connectivity index (χ1n) is 16.1. The predicted molar refractivity (Wildman–Crippen MR) is 192 cm³/mol. The molecule has 4 rings (SSSR count). The minimum atomic E-state index is -4.57. The maximum atomic E-state index is 15.2. The van der Waals surface area contributed by atoms with Crippen molar-refractivity contribution in [1.29, 1.82) is 0 Å². The van der Waals surface area contributed by atoms with Crippen LogP contribution in [0.2, 0.25) is 0 Å². The number of rotatable bonds is 15. The Morgan fingerprint density at radius 2 is 1.41 bits per heavy atom. The number of nitrogens with one attached hydrogen (secondary N) is 1. The lowest BCUT2D eigenvalue weighted by atomic mass is 10.0. The van der Waals surface area contributed by atoms with E-state index in [1.807, 2.05) is 30.3 Å². The van der Waals surface area contributed by atoms with Gasteiger partial charge in [0.05, 0.1) is 39.0 Å². The van der Waals surface area contributed by atoms with Gasteiger partial charge in [-0.1, -0.05) is 48.5 Å². The molecule has 51 heavy (non-hydrogen) atoms. The van der Waals surface area contributed by atoms with Gasteiger partial charge in [0.1, 0.15) is 29.9 Å². The molecule has 272 valence electrons. The SMILES string of the molecule is COc1ccc(OC)c(N(CC(=O)N(Cc2ccccc2F)[C@@H](Cc2ccccc2)C(=O)NC(C)(C)C)S(=O)(=O)c2ccc(OC)c(OC)c2)c1. The number of nitrogens with zero attached hydrogens (tertiary/aromatic N) is 2. The first-order chi connectivity index (χ1) is 24.2. The van der Waals surface area contributed by atoms with Gasteiger partial charge in [0, 0.05) is 36.2 Å². The number of benzene rings is 4. The summed E-state index contributed by atoms with van der Waals surface area (Å²) in [5.41, 5.74) is 0.183. The fraction of sp³-hybridized carbons (Fsp3) is 0.316.